The molecule has 0 bridgehead atoms. The van der Waals surface area contributed by atoms with E-state index in [1.807, 2.05) is 0 Å². The van der Waals surface area contributed by atoms with Crippen molar-refractivity contribution in [1.82, 2.24) is 0 Å². The number of hydrogen-bond acceptors (Lipinski definition) is 5. The van der Waals surface area contributed by atoms with Crippen LogP contribution in [-0.2, 0) is 9.47 Å². The van der Waals surface area contributed by atoms with Gasteiger partial charge in [-0.25, -0.2) is 0 Å². The molecule has 0 aliphatic rings. The van der Waals surface area contributed by atoms with E-state index < -0.39 is 6.10 Å². The third-order valence-corrected chi connectivity index (χ3v) is 2.35. The number of aliphatic hydroxyl groups excluding tert-OH is 1. The molecule has 0 aromatic heterocycles. The van der Waals surface area contributed by atoms with Crippen molar-refractivity contribution in [3.63, 3.8) is 0 Å². The Hall–Kier alpha value is -1.30. The third-order valence-electron chi connectivity index (χ3n) is 2.35. The average molecular weight is 269 g/mol. The molecule has 0 aliphatic carbocycles. The molecule has 0 saturated carbocycles. The lowest BCUT2D eigenvalue weighted by Gasteiger charge is -2.13. The summed E-state index contributed by atoms with van der Waals surface area (Å²) in [6.45, 7) is 4.27. The highest BCUT2D eigenvalue weighted by Gasteiger charge is 2.05. The van der Waals surface area contributed by atoms with Gasteiger partial charge in [0.2, 0.25) is 0 Å². The van der Waals surface area contributed by atoms with Gasteiger partial charge < -0.3 is 25.1 Å². The molecule has 1 rings (SSSR count). The molecule has 1 atom stereocenters. The van der Waals surface area contributed by atoms with Gasteiger partial charge in [-0.1, -0.05) is 6.92 Å². The molecule has 0 heterocycles. The summed E-state index contributed by atoms with van der Waals surface area (Å²) in [4.78, 5) is 0. The first-order valence-corrected chi connectivity index (χ1v) is 6.54. The summed E-state index contributed by atoms with van der Waals surface area (Å²) in [7, 11) is 0. The van der Waals surface area contributed by atoms with Crippen LogP contribution >= 0.6 is 0 Å². The predicted octanol–water partition coefficient (Wildman–Crippen LogP) is 1.45. The zero-order chi connectivity index (χ0) is 13.9. The van der Waals surface area contributed by atoms with E-state index in [1.165, 1.54) is 0 Å². The van der Waals surface area contributed by atoms with Gasteiger partial charge in [0.25, 0.3) is 0 Å². The van der Waals surface area contributed by atoms with Crippen LogP contribution in [0.5, 0.6) is 5.75 Å². The molecule has 1 unspecified atom stereocenters. The van der Waals surface area contributed by atoms with Crippen LogP contribution in [0.2, 0.25) is 0 Å². The Bertz CT molecular complexity index is 329. The van der Waals surface area contributed by atoms with Crippen molar-refractivity contribution in [1.29, 1.82) is 0 Å². The molecular formula is C14H23NO4. The van der Waals surface area contributed by atoms with E-state index in [0.717, 1.165) is 13.0 Å². The number of ether oxygens (including phenoxy) is 3. The fraction of sp³-hybridized carbons (Fsp3) is 0.571. The van der Waals surface area contributed by atoms with Crippen LogP contribution in [0, 0.1) is 0 Å². The molecule has 0 radical (unpaired) electrons. The molecule has 0 saturated heterocycles. The summed E-state index contributed by atoms with van der Waals surface area (Å²) < 4.78 is 15.9. The number of benzene rings is 1. The van der Waals surface area contributed by atoms with Crippen LogP contribution in [0.15, 0.2) is 24.3 Å². The minimum Gasteiger partial charge on any atom is -0.491 e. The molecule has 0 fully saturated rings. The first kappa shape index (κ1) is 15.8. The van der Waals surface area contributed by atoms with Crippen LogP contribution in [-0.4, -0.2) is 44.2 Å². The molecule has 0 amide bonds. The van der Waals surface area contributed by atoms with E-state index in [1.54, 1.807) is 24.3 Å². The van der Waals surface area contributed by atoms with Crippen LogP contribution in [0.3, 0.4) is 0 Å². The van der Waals surface area contributed by atoms with E-state index in [4.69, 9.17) is 19.9 Å². The van der Waals surface area contributed by atoms with Crippen molar-refractivity contribution in [2.24, 2.45) is 0 Å². The summed E-state index contributed by atoms with van der Waals surface area (Å²) in [5.74, 6) is 0.680. The Labute approximate surface area is 114 Å². The zero-order valence-corrected chi connectivity index (χ0v) is 11.4. The summed E-state index contributed by atoms with van der Waals surface area (Å²) in [5.41, 5.74) is 6.25. The number of aliphatic hydroxyl groups is 1. The molecule has 0 spiro atoms. The number of nitrogen functional groups attached to an aromatic ring is 1. The highest BCUT2D eigenvalue weighted by Crippen LogP contribution is 2.13. The van der Waals surface area contributed by atoms with Crippen LogP contribution < -0.4 is 10.5 Å². The molecule has 108 valence electrons. The standard InChI is InChI=1S/C14H23NO4/c1-2-7-17-8-9-18-10-13(16)11-19-14-5-3-12(15)4-6-14/h3-6,13,16H,2,7-11,15H2,1H3. The Morgan fingerprint density at radius 1 is 1.05 bits per heavy atom. The monoisotopic (exact) mass is 269 g/mol. The molecule has 1 aromatic rings. The van der Waals surface area contributed by atoms with E-state index >= 15 is 0 Å². The normalized spacial score (nSPS) is 12.3. The maximum Gasteiger partial charge on any atom is 0.119 e. The Kier molecular flexibility index (Phi) is 7.97. The average Bonchev–Trinajstić information content (AvgIpc) is 2.42. The van der Waals surface area contributed by atoms with Gasteiger partial charge in [-0.3, -0.25) is 0 Å². The van der Waals surface area contributed by atoms with Gasteiger partial charge in [0, 0.05) is 12.3 Å². The van der Waals surface area contributed by atoms with Gasteiger partial charge in [-0.15, -0.1) is 0 Å². The van der Waals surface area contributed by atoms with Crippen molar-refractivity contribution in [2.75, 3.05) is 38.8 Å². The molecule has 5 nitrogen and oxygen atoms in total. The third kappa shape index (κ3) is 7.66. The first-order valence-electron chi connectivity index (χ1n) is 6.54. The summed E-state index contributed by atoms with van der Waals surface area (Å²) >= 11 is 0. The second kappa shape index (κ2) is 9.61. The van der Waals surface area contributed by atoms with Crippen molar-refractivity contribution >= 4 is 5.69 Å². The Morgan fingerprint density at radius 3 is 2.42 bits per heavy atom. The molecular weight excluding hydrogens is 246 g/mol. The predicted molar refractivity (Wildman–Crippen MR) is 74.3 cm³/mol. The Balaban J connectivity index is 2.04. The van der Waals surface area contributed by atoms with Crippen molar-refractivity contribution < 1.29 is 19.3 Å². The highest BCUT2D eigenvalue weighted by molar-refractivity contribution is 5.41. The summed E-state index contributed by atoms with van der Waals surface area (Å²) in [5, 5.41) is 9.65. The molecule has 3 N–H and O–H groups in total. The molecule has 19 heavy (non-hydrogen) atoms. The van der Waals surface area contributed by atoms with Gasteiger partial charge in [0.15, 0.2) is 0 Å². The molecule has 1 aromatic carbocycles. The SMILES string of the molecule is CCCOCCOCC(O)COc1ccc(N)cc1. The highest BCUT2D eigenvalue weighted by atomic mass is 16.5. The van der Waals surface area contributed by atoms with Gasteiger partial charge in [-0.05, 0) is 30.7 Å². The Morgan fingerprint density at radius 2 is 1.74 bits per heavy atom. The second-order valence-corrected chi connectivity index (χ2v) is 4.22. The lowest BCUT2D eigenvalue weighted by molar-refractivity contribution is -0.0107. The van der Waals surface area contributed by atoms with Gasteiger partial charge in [0.05, 0.1) is 19.8 Å². The zero-order valence-electron chi connectivity index (χ0n) is 11.4. The van der Waals surface area contributed by atoms with Crippen molar-refractivity contribution in [2.45, 2.75) is 19.4 Å². The second-order valence-electron chi connectivity index (χ2n) is 4.22. The van der Waals surface area contributed by atoms with Crippen LogP contribution in [0.4, 0.5) is 5.69 Å². The number of hydrogen-bond donors (Lipinski definition) is 2. The maximum absolute atomic E-state index is 9.65. The summed E-state index contributed by atoms with van der Waals surface area (Å²) in [6.07, 6.45) is 0.349. The molecule has 5 heteroatoms. The first-order chi connectivity index (χ1) is 9.22. The van der Waals surface area contributed by atoms with Gasteiger partial charge >= 0.3 is 0 Å². The van der Waals surface area contributed by atoms with Crippen molar-refractivity contribution in [3.8, 4) is 5.75 Å². The van der Waals surface area contributed by atoms with E-state index in [2.05, 4.69) is 6.92 Å². The molecule has 0 aliphatic heterocycles. The van der Waals surface area contributed by atoms with Crippen LogP contribution in [0.25, 0.3) is 0 Å². The lowest BCUT2D eigenvalue weighted by atomic mass is 10.3. The maximum atomic E-state index is 9.65. The van der Waals surface area contributed by atoms with Crippen LogP contribution in [0.1, 0.15) is 13.3 Å². The smallest absolute Gasteiger partial charge is 0.119 e. The van der Waals surface area contributed by atoms with E-state index in [9.17, 15) is 5.11 Å². The van der Waals surface area contributed by atoms with E-state index in [-0.39, 0.29) is 13.2 Å². The lowest BCUT2D eigenvalue weighted by Crippen LogP contribution is -2.24. The van der Waals surface area contributed by atoms with Crippen molar-refractivity contribution in [3.05, 3.63) is 24.3 Å². The number of anilines is 1. The summed E-state index contributed by atoms with van der Waals surface area (Å²) in [6, 6.07) is 7.04. The quantitative estimate of drug-likeness (QED) is 0.497. The number of rotatable bonds is 10. The largest absolute Gasteiger partial charge is 0.491 e. The van der Waals surface area contributed by atoms with E-state index in [0.29, 0.717) is 24.7 Å². The van der Waals surface area contributed by atoms with Gasteiger partial charge in [0.1, 0.15) is 18.5 Å². The van der Waals surface area contributed by atoms with Gasteiger partial charge in [-0.2, -0.15) is 0 Å². The topological polar surface area (TPSA) is 73.9 Å². The minimum atomic E-state index is -0.649. The number of nitrogens with two attached hydrogens (primary N) is 1. The fourth-order valence-corrected chi connectivity index (χ4v) is 1.39. The fourth-order valence-electron chi connectivity index (χ4n) is 1.39. The minimum absolute atomic E-state index is 0.194.